The Morgan fingerprint density at radius 1 is 1.11 bits per heavy atom. The first kappa shape index (κ1) is 29.9. The summed E-state index contributed by atoms with van der Waals surface area (Å²) in [7, 11) is -4.52. The molecule has 2 heterocycles. The highest BCUT2D eigenvalue weighted by atomic mass is 28.4. The van der Waals surface area contributed by atoms with Gasteiger partial charge < -0.3 is 18.7 Å². The molecule has 0 radical (unpaired) electrons. The van der Waals surface area contributed by atoms with Crippen LogP contribution >= 0.6 is 0 Å². The third-order valence-corrected chi connectivity index (χ3v) is 17.0. The summed E-state index contributed by atoms with van der Waals surface area (Å²) in [5.41, 5.74) is -2.23. The molecular weight excluding hydrogens is 480 g/mol. The second kappa shape index (κ2) is 10.2. The average molecular weight is 527 g/mol. The van der Waals surface area contributed by atoms with E-state index in [0.29, 0.717) is 0 Å². The summed E-state index contributed by atoms with van der Waals surface area (Å²) in [4.78, 5) is 26.8. The van der Waals surface area contributed by atoms with Crippen LogP contribution in [0.1, 0.15) is 54.7 Å². The number of hydrogen-bond donors (Lipinski definition) is 2. The minimum Gasteiger partial charge on any atom is -0.414 e. The van der Waals surface area contributed by atoms with Crippen LogP contribution in [0.15, 0.2) is 34.0 Å². The highest BCUT2D eigenvalue weighted by Crippen LogP contribution is 2.49. The van der Waals surface area contributed by atoms with Gasteiger partial charge >= 0.3 is 5.69 Å². The molecule has 10 heteroatoms. The van der Waals surface area contributed by atoms with E-state index in [4.69, 9.17) is 13.6 Å². The highest BCUT2D eigenvalue weighted by Gasteiger charge is 2.59. The van der Waals surface area contributed by atoms with Crippen molar-refractivity contribution in [1.82, 2.24) is 9.55 Å². The molecule has 1 aliphatic heterocycles. The maximum absolute atomic E-state index is 12.8. The third-order valence-electron chi connectivity index (χ3n) is 8.07. The van der Waals surface area contributed by atoms with Crippen LogP contribution in [0.2, 0.25) is 36.3 Å². The molecule has 1 aromatic rings. The van der Waals surface area contributed by atoms with E-state index < -0.39 is 45.8 Å². The molecule has 4 atom stereocenters. The number of hydrogen-bond acceptors (Lipinski definition) is 6. The van der Waals surface area contributed by atoms with Crippen molar-refractivity contribution in [3.8, 4) is 0 Å². The fraction of sp³-hybridized carbons (Fsp3) is 0.760. The summed E-state index contributed by atoms with van der Waals surface area (Å²) < 4.78 is 21.5. The molecule has 0 unspecified atom stereocenters. The summed E-state index contributed by atoms with van der Waals surface area (Å²) >= 11 is 0. The van der Waals surface area contributed by atoms with Gasteiger partial charge in [-0.05, 0) is 43.2 Å². The van der Waals surface area contributed by atoms with Crippen LogP contribution in [0.5, 0.6) is 0 Å². The Bertz CT molecular complexity index is 1020. The van der Waals surface area contributed by atoms with Crippen LogP contribution in [0.4, 0.5) is 0 Å². The molecule has 2 N–H and O–H groups in total. The molecule has 0 aliphatic carbocycles. The maximum Gasteiger partial charge on any atom is 0.330 e. The van der Waals surface area contributed by atoms with Gasteiger partial charge in [-0.1, -0.05) is 53.7 Å². The highest BCUT2D eigenvalue weighted by molar-refractivity contribution is 6.74. The zero-order valence-electron chi connectivity index (χ0n) is 23.4. The van der Waals surface area contributed by atoms with Gasteiger partial charge in [0.25, 0.3) is 5.56 Å². The minimum absolute atomic E-state index is 0.0317. The molecule has 1 aromatic heterocycles. The number of ether oxygens (including phenoxy) is 1. The molecule has 0 aromatic carbocycles. The third kappa shape index (κ3) is 6.16. The quantitative estimate of drug-likeness (QED) is 0.384. The van der Waals surface area contributed by atoms with Crippen molar-refractivity contribution in [3.63, 3.8) is 0 Å². The number of H-pyrrole nitrogens is 1. The lowest BCUT2D eigenvalue weighted by Gasteiger charge is -2.45. The lowest BCUT2D eigenvalue weighted by atomic mass is 9.90. The first-order valence-electron chi connectivity index (χ1n) is 12.4. The van der Waals surface area contributed by atoms with Gasteiger partial charge in [-0.3, -0.25) is 14.3 Å². The predicted molar refractivity (Wildman–Crippen MR) is 145 cm³/mol. The number of nitrogens with one attached hydrogen (secondary N) is 1. The van der Waals surface area contributed by atoms with Gasteiger partial charge in [0.1, 0.15) is 11.8 Å². The zero-order valence-corrected chi connectivity index (χ0v) is 25.4. The Kier molecular flexibility index (Phi) is 8.73. The average Bonchev–Trinajstić information content (AvgIpc) is 2.98. The van der Waals surface area contributed by atoms with Crippen molar-refractivity contribution in [2.24, 2.45) is 5.92 Å². The monoisotopic (exact) mass is 526 g/mol. The van der Waals surface area contributed by atoms with E-state index in [-0.39, 0.29) is 29.2 Å². The van der Waals surface area contributed by atoms with E-state index in [9.17, 15) is 14.7 Å². The molecule has 0 spiro atoms. The lowest BCUT2D eigenvalue weighted by molar-refractivity contribution is -0.145. The second-order valence-electron chi connectivity index (χ2n) is 12.7. The number of nitrogens with zero attached hydrogens (tertiary/aromatic N) is 1. The van der Waals surface area contributed by atoms with Crippen molar-refractivity contribution in [2.45, 2.75) is 103 Å². The number of aliphatic hydroxyl groups is 1. The Labute approximate surface area is 212 Å². The van der Waals surface area contributed by atoms with Crippen molar-refractivity contribution in [3.05, 3.63) is 45.3 Å². The summed E-state index contributed by atoms with van der Waals surface area (Å²) in [6.07, 6.45) is 3.97. The largest absolute Gasteiger partial charge is 0.414 e. The molecule has 1 aliphatic rings. The van der Waals surface area contributed by atoms with Crippen LogP contribution in [-0.2, 0) is 13.6 Å². The fourth-order valence-electron chi connectivity index (χ4n) is 3.66. The molecule has 0 bridgehead atoms. The van der Waals surface area contributed by atoms with Crippen molar-refractivity contribution in [1.29, 1.82) is 0 Å². The van der Waals surface area contributed by atoms with Crippen LogP contribution in [0.3, 0.4) is 0 Å². The maximum atomic E-state index is 12.8. The standard InChI is InChI=1S/C25H46N2O6Si2/c1-12-13-18-20(33-35(10,11)24(5,6)7)25(16-28,17-31-34(8,9)23(2,3)4)32-21(18)27-15-14-19(29)26-22(27)30/h12-15,18,20-21,28H,16-17H2,1-11H3,(H,26,29,30)/b13-12+/t18-,20+,21-,25-/m1/s1. The lowest BCUT2D eigenvalue weighted by Crippen LogP contribution is -2.57. The number of rotatable bonds is 8. The van der Waals surface area contributed by atoms with Gasteiger partial charge in [0, 0.05) is 12.3 Å². The topological polar surface area (TPSA) is 103 Å². The van der Waals surface area contributed by atoms with E-state index >= 15 is 0 Å². The van der Waals surface area contributed by atoms with Crippen LogP contribution < -0.4 is 11.2 Å². The predicted octanol–water partition coefficient (Wildman–Crippen LogP) is 4.40. The van der Waals surface area contributed by atoms with E-state index in [1.807, 2.05) is 19.1 Å². The Balaban J connectivity index is 2.66. The molecule has 200 valence electrons. The SMILES string of the molecule is C/C=C/[C@H]1[C@H](n2ccc(=O)[nH]c2=O)O[C@](CO)(CO[Si](C)(C)C(C)(C)C)[C@H]1O[Si](C)(C)C(C)(C)C. The number of aromatic amines is 1. The number of allylic oxidation sites excluding steroid dienone is 1. The molecule has 0 saturated carbocycles. The Morgan fingerprint density at radius 3 is 2.14 bits per heavy atom. The summed E-state index contributed by atoms with van der Waals surface area (Å²) in [6, 6.07) is 1.30. The molecule has 2 rings (SSSR count). The summed E-state index contributed by atoms with van der Waals surface area (Å²) in [5.74, 6) is -0.382. The van der Waals surface area contributed by atoms with Crippen molar-refractivity contribution >= 4 is 16.6 Å². The molecule has 35 heavy (non-hydrogen) atoms. The van der Waals surface area contributed by atoms with Gasteiger partial charge in [0.05, 0.1) is 25.2 Å². The molecule has 0 amide bonds. The Hall–Kier alpha value is -1.31. The van der Waals surface area contributed by atoms with Gasteiger partial charge in [-0.2, -0.15) is 0 Å². The van der Waals surface area contributed by atoms with E-state index in [2.05, 4.69) is 72.7 Å². The Morgan fingerprint density at radius 2 is 1.69 bits per heavy atom. The van der Waals surface area contributed by atoms with Gasteiger partial charge in [0.2, 0.25) is 0 Å². The van der Waals surface area contributed by atoms with Gasteiger partial charge in [-0.25, -0.2) is 4.79 Å². The number of aromatic nitrogens is 2. The first-order chi connectivity index (χ1) is 15.8. The summed E-state index contributed by atoms with van der Waals surface area (Å²) in [5, 5.41) is 10.7. The molecular formula is C25H46N2O6Si2. The summed E-state index contributed by atoms with van der Waals surface area (Å²) in [6.45, 7) is 23.3. The zero-order chi connectivity index (χ0) is 27.0. The smallest absolute Gasteiger partial charge is 0.330 e. The van der Waals surface area contributed by atoms with E-state index in [1.165, 1.54) is 16.8 Å². The molecule has 8 nitrogen and oxygen atoms in total. The van der Waals surface area contributed by atoms with E-state index in [0.717, 1.165) is 0 Å². The fourth-order valence-corrected chi connectivity index (χ4v) is 6.06. The normalized spacial score (nSPS) is 26.6. The number of aliphatic hydroxyl groups excluding tert-OH is 1. The minimum atomic E-state index is -2.32. The van der Waals surface area contributed by atoms with Crippen LogP contribution in [0.25, 0.3) is 0 Å². The van der Waals surface area contributed by atoms with Crippen molar-refractivity contribution in [2.75, 3.05) is 13.2 Å². The molecule has 1 fully saturated rings. The van der Waals surface area contributed by atoms with Crippen LogP contribution in [-0.4, -0.2) is 56.2 Å². The van der Waals surface area contributed by atoms with Gasteiger partial charge in [-0.15, -0.1) is 0 Å². The second-order valence-corrected chi connectivity index (χ2v) is 22.3. The first-order valence-corrected chi connectivity index (χ1v) is 18.2. The van der Waals surface area contributed by atoms with Crippen molar-refractivity contribution < 1.29 is 18.7 Å². The van der Waals surface area contributed by atoms with Gasteiger partial charge in [0.15, 0.2) is 16.6 Å². The van der Waals surface area contributed by atoms with Crippen LogP contribution in [0, 0.1) is 5.92 Å². The molecule has 1 saturated heterocycles. The van der Waals surface area contributed by atoms with E-state index in [1.54, 1.807) is 0 Å².